The number of hydrogen-bond acceptors (Lipinski definition) is 3. The van der Waals surface area contributed by atoms with Crippen molar-refractivity contribution < 1.29 is 4.79 Å². The number of rotatable bonds is 3. The Morgan fingerprint density at radius 1 is 1.53 bits per heavy atom. The number of aliphatic imine (C=N–C) groups is 1. The Morgan fingerprint density at radius 3 is 2.80 bits per heavy atom. The van der Waals surface area contributed by atoms with Gasteiger partial charge in [-0.3, -0.25) is 0 Å². The molecule has 1 saturated carbocycles. The molecule has 0 spiro atoms. The average molecular weight is 240 g/mol. The average Bonchev–Trinajstić information content (AvgIpc) is 3.00. The summed E-state index contributed by atoms with van der Waals surface area (Å²) in [5.41, 5.74) is 0.587. The highest BCUT2D eigenvalue weighted by Gasteiger charge is 2.46. The standard InChI is InChI=1S/C11H10ClNOS/c1-15-8-2-3-10(12)9(6-8)11(4-5-11)13-7-14/h2-3,6H,4-5H2,1H3. The van der Waals surface area contributed by atoms with Crippen LogP contribution in [0.25, 0.3) is 0 Å². The molecular weight excluding hydrogens is 230 g/mol. The number of benzene rings is 1. The maximum atomic E-state index is 10.4. The summed E-state index contributed by atoms with van der Waals surface area (Å²) in [6.07, 6.45) is 5.43. The Kier molecular flexibility index (Phi) is 2.87. The van der Waals surface area contributed by atoms with Gasteiger partial charge >= 0.3 is 0 Å². The van der Waals surface area contributed by atoms with Gasteiger partial charge in [0.25, 0.3) is 0 Å². The molecule has 0 aromatic heterocycles. The molecule has 0 bridgehead atoms. The van der Waals surface area contributed by atoms with Gasteiger partial charge in [0.05, 0.1) is 5.54 Å². The van der Waals surface area contributed by atoms with Crippen LogP contribution in [0.5, 0.6) is 0 Å². The van der Waals surface area contributed by atoms with Crippen LogP contribution in [0.4, 0.5) is 0 Å². The number of isocyanates is 1. The van der Waals surface area contributed by atoms with Gasteiger partial charge in [0, 0.05) is 15.5 Å². The van der Waals surface area contributed by atoms with Crippen molar-refractivity contribution in [2.45, 2.75) is 23.3 Å². The van der Waals surface area contributed by atoms with Gasteiger partial charge in [-0.2, -0.15) is 4.99 Å². The number of nitrogens with zero attached hydrogens (tertiary/aromatic N) is 1. The van der Waals surface area contributed by atoms with Crippen LogP contribution in [0.1, 0.15) is 18.4 Å². The maximum Gasteiger partial charge on any atom is 0.235 e. The van der Waals surface area contributed by atoms with Crippen LogP contribution >= 0.6 is 23.4 Å². The van der Waals surface area contributed by atoms with Gasteiger partial charge in [0.2, 0.25) is 6.08 Å². The summed E-state index contributed by atoms with van der Waals surface area (Å²) in [5.74, 6) is 0. The third kappa shape index (κ3) is 1.96. The lowest BCUT2D eigenvalue weighted by molar-refractivity contribution is 0.556. The van der Waals surface area contributed by atoms with E-state index >= 15 is 0 Å². The van der Waals surface area contributed by atoms with Crippen molar-refractivity contribution in [1.29, 1.82) is 0 Å². The first kappa shape index (κ1) is 10.7. The molecule has 0 amide bonds. The summed E-state index contributed by atoms with van der Waals surface area (Å²) < 4.78 is 0. The van der Waals surface area contributed by atoms with Gasteiger partial charge in [-0.15, -0.1) is 11.8 Å². The fraction of sp³-hybridized carbons (Fsp3) is 0.364. The van der Waals surface area contributed by atoms with Crippen LogP contribution in [0.3, 0.4) is 0 Å². The second kappa shape index (κ2) is 4.01. The van der Waals surface area contributed by atoms with Gasteiger partial charge < -0.3 is 0 Å². The predicted octanol–water partition coefficient (Wildman–Crippen LogP) is 3.39. The number of carbonyl (C=O) groups excluding carboxylic acids is 1. The summed E-state index contributed by atoms with van der Waals surface area (Å²) in [6.45, 7) is 0. The van der Waals surface area contributed by atoms with E-state index in [1.54, 1.807) is 17.8 Å². The minimum atomic E-state index is -0.370. The molecular formula is C11H10ClNOS. The lowest BCUT2D eigenvalue weighted by Crippen LogP contribution is -2.03. The zero-order chi connectivity index (χ0) is 10.9. The molecule has 1 aliphatic rings. The van der Waals surface area contributed by atoms with Gasteiger partial charge in [-0.25, -0.2) is 4.79 Å². The van der Waals surface area contributed by atoms with E-state index in [1.165, 1.54) is 0 Å². The summed E-state index contributed by atoms with van der Waals surface area (Å²) in [4.78, 5) is 15.4. The minimum Gasteiger partial charge on any atom is -0.211 e. The van der Waals surface area contributed by atoms with E-state index in [2.05, 4.69) is 4.99 Å². The number of halogens is 1. The van der Waals surface area contributed by atoms with E-state index in [1.807, 2.05) is 24.5 Å². The second-order valence-electron chi connectivity index (χ2n) is 3.58. The third-order valence-corrected chi connectivity index (χ3v) is 3.71. The van der Waals surface area contributed by atoms with Crippen molar-refractivity contribution in [2.24, 2.45) is 4.99 Å². The first-order valence-corrected chi connectivity index (χ1v) is 6.25. The highest BCUT2D eigenvalue weighted by Crippen LogP contribution is 2.51. The Balaban J connectivity index is 2.47. The molecule has 1 aromatic carbocycles. The van der Waals surface area contributed by atoms with Gasteiger partial charge in [-0.05, 0) is 37.3 Å². The lowest BCUT2D eigenvalue weighted by Gasteiger charge is -2.11. The van der Waals surface area contributed by atoms with Gasteiger partial charge in [0.15, 0.2) is 0 Å². The van der Waals surface area contributed by atoms with Gasteiger partial charge in [-0.1, -0.05) is 11.6 Å². The highest BCUT2D eigenvalue weighted by molar-refractivity contribution is 7.98. The van der Waals surface area contributed by atoms with Crippen molar-refractivity contribution >= 4 is 29.4 Å². The van der Waals surface area contributed by atoms with Crippen molar-refractivity contribution in [3.05, 3.63) is 28.8 Å². The summed E-state index contributed by atoms with van der Waals surface area (Å²) in [7, 11) is 0. The normalized spacial score (nSPS) is 16.9. The lowest BCUT2D eigenvalue weighted by atomic mass is 10.1. The smallest absolute Gasteiger partial charge is 0.211 e. The fourth-order valence-corrected chi connectivity index (χ4v) is 2.37. The molecule has 0 radical (unpaired) electrons. The van der Waals surface area contributed by atoms with Crippen LogP contribution < -0.4 is 0 Å². The first-order valence-electron chi connectivity index (χ1n) is 4.65. The molecule has 0 heterocycles. The fourth-order valence-electron chi connectivity index (χ4n) is 1.64. The van der Waals surface area contributed by atoms with Crippen LogP contribution in [-0.2, 0) is 10.3 Å². The molecule has 0 saturated heterocycles. The van der Waals surface area contributed by atoms with Crippen LogP contribution in [-0.4, -0.2) is 12.3 Å². The van der Waals surface area contributed by atoms with E-state index in [-0.39, 0.29) is 5.54 Å². The summed E-state index contributed by atoms with van der Waals surface area (Å²) >= 11 is 7.77. The Hall–Kier alpha value is -0.760. The monoisotopic (exact) mass is 239 g/mol. The summed E-state index contributed by atoms with van der Waals surface area (Å²) in [6, 6.07) is 5.85. The van der Waals surface area contributed by atoms with Crippen molar-refractivity contribution in [3.63, 3.8) is 0 Å². The Labute approximate surface area is 97.7 Å². The van der Waals surface area contributed by atoms with Crippen LogP contribution in [0.2, 0.25) is 5.02 Å². The largest absolute Gasteiger partial charge is 0.235 e. The van der Waals surface area contributed by atoms with Crippen LogP contribution in [0.15, 0.2) is 28.1 Å². The zero-order valence-electron chi connectivity index (χ0n) is 8.29. The molecule has 1 fully saturated rings. The molecule has 15 heavy (non-hydrogen) atoms. The molecule has 0 atom stereocenters. The number of thioether (sulfide) groups is 1. The molecule has 1 aromatic rings. The highest BCUT2D eigenvalue weighted by atomic mass is 35.5. The van der Waals surface area contributed by atoms with E-state index < -0.39 is 0 Å². The predicted molar refractivity (Wildman–Crippen MR) is 62.3 cm³/mol. The van der Waals surface area contributed by atoms with Crippen molar-refractivity contribution in [1.82, 2.24) is 0 Å². The first-order chi connectivity index (χ1) is 7.22. The molecule has 4 heteroatoms. The van der Waals surface area contributed by atoms with Crippen molar-refractivity contribution in [2.75, 3.05) is 6.26 Å². The van der Waals surface area contributed by atoms with Gasteiger partial charge in [0.1, 0.15) is 0 Å². The van der Waals surface area contributed by atoms with Crippen LogP contribution in [0, 0.1) is 0 Å². The SMILES string of the molecule is CSc1ccc(Cl)c(C2(N=C=O)CC2)c1. The quantitative estimate of drug-likeness (QED) is 0.460. The van der Waals surface area contributed by atoms with E-state index in [0.29, 0.717) is 5.02 Å². The molecule has 78 valence electrons. The van der Waals surface area contributed by atoms with E-state index in [0.717, 1.165) is 23.3 Å². The Bertz CT molecular complexity index is 436. The molecule has 2 rings (SSSR count). The third-order valence-electron chi connectivity index (χ3n) is 2.66. The van der Waals surface area contributed by atoms with E-state index in [9.17, 15) is 4.79 Å². The molecule has 1 aliphatic carbocycles. The summed E-state index contributed by atoms with van der Waals surface area (Å²) in [5, 5.41) is 0.685. The van der Waals surface area contributed by atoms with E-state index in [4.69, 9.17) is 11.6 Å². The molecule has 0 aliphatic heterocycles. The molecule has 2 nitrogen and oxygen atoms in total. The molecule has 0 unspecified atom stereocenters. The topological polar surface area (TPSA) is 29.4 Å². The second-order valence-corrected chi connectivity index (χ2v) is 4.87. The minimum absolute atomic E-state index is 0.370. The molecule has 0 N–H and O–H groups in total. The van der Waals surface area contributed by atoms with Crippen molar-refractivity contribution in [3.8, 4) is 0 Å². The maximum absolute atomic E-state index is 10.4. The Morgan fingerprint density at radius 2 is 2.27 bits per heavy atom. The number of hydrogen-bond donors (Lipinski definition) is 0. The zero-order valence-corrected chi connectivity index (χ0v) is 9.86.